The van der Waals surface area contributed by atoms with Gasteiger partial charge in [0, 0.05) is 11.3 Å². The van der Waals surface area contributed by atoms with Gasteiger partial charge in [-0.05, 0) is 43.3 Å². The van der Waals surface area contributed by atoms with Crippen LogP contribution in [0.4, 0.5) is 11.4 Å². The lowest BCUT2D eigenvalue weighted by atomic mass is 10.1. The van der Waals surface area contributed by atoms with Gasteiger partial charge in [-0.15, -0.1) is 0 Å². The highest BCUT2D eigenvalue weighted by Crippen LogP contribution is 2.20. The molecule has 148 valence electrons. The fourth-order valence-corrected chi connectivity index (χ4v) is 3.25. The molecule has 0 aliphatic heterocycles. The maximum absolute atomic E-state index is 12.4. The summed E-state index contributed by atoms with van der Waals surface area (Å²) in [7, 11) is -3.73. The van der Waals surface area contributed by atoms with Gasteiger partial charge in [-0.3, -0.25) is 13.9 Å². The molecule has 1 amide bonds. The second kappa shape index (κ2) is 9.18. The van der Waals surface area contributed by atoms with Gasteiger partial charge in [0.2, 0.25) is 15.9 Å². The Morgan fingerprint density at radius 3 is 2.43 bits per heavy atom. The molecule has 1 N–H and O–H groups in total. The molecule has 0 heterocycles. The zero-order chi connectivity index (χ0) is 20.7. The van der Waals surface area contributed by atoms with Crippen molar-refractivity contribution in [3.63, 3.8) is 0 Å². The van der Waals surface area contributed by atoms with Crippen molar-refractivity contribution in [2.45, 2.75) is 6.92 Å². The SMILES string of the molecule is C=CCOc1ccc(NC(=O)CN(c2cccc(C(C)=O)c2)S(C)(=O)=O)cc1. The molecule has 0 saturated carbocycles. The molecule has 0 aliphatic carbocycles. The van der Waals surface area contributed by atoms with Crippen molar-refractivity contribution >= 4 is 33.1 Å². The van der Waals surface area contributed by atoms with Crippen molar-refractivity contribution in [3.8, 4) is 5.75 Å². The maximum atomic E-state index is 12.4. The van der Waals surface area contributed by atoms with Gasteiger partial charge in [0.05, 0.1) is 11.9 Å². The molecule has 0 fully saturated rings. The number of nitrogens with one attached hydrogen (secondary N) is 1. The van der Waals surface area contributed by atoms with Crippen LogP contribution < -0.4 is 14.4 Å². The first-order chi connectivity index (χ1) is 13.2. The lowest BCUT2D eigenvalue weighted by molar-refractivity contribution is -0.114. The Hall–Kier alpha value is -3.13. The summed E-state index contributed by atoms with van der Waals surface area (Å²) in [5.74, 6) is -0.0892. The largest absolute Gasteiger partial charge is 0.490 e. The summed E-state index contributed by atoms with van der Waals surface area (Å²) in [6.45, 7) is 4.90. The van der Waals surface area contributed by atoms with E-state index in [1.54, 1.807) is 42.5 Å². The molecule has 0 aliphatic rings. The van der Waals surface area contributed by atoms with Gasteiger partial charge in [0.1, 0.15) is 18.9 Å². The summed E-state index contributed by atoms with van der Waals surface area (Å²) >= 11 is 0. The van der Waals surface area contributed by atoms with Gasteiger partial charge < -0.3 is 10.1 Å². The van der Waals surface area contributed by atoms with Crippen LogP contribution in [0, 0.1) is 0 Å². The van der Waals surface area contributed by atoms with E-state index in [1.165, 1.54) is 19.1 Å². The fraction of sp³-hybridized carbons (Fsp3) is 0.200. The maximum Gasteiger partial charge on any atom is 0.245 e. The Kier molecular flexibility index (Phi) is 6.94. The van der Waals surface area contributed by atoms with E-state index in [1.807, 2.05) is 0 Å². The van der Waals surface area contributed by atoms with E-state index >= 15 is 0 Å². The number of ketones is 1. The van der Waals surface area contributed by atoms with Crippen LogP contribution in [0.5, 0.6) is 5.75 Å². The van der Waals surface area contributed by atoms with E-state index < -0.39 is 22.5 Å². The molecular formula is C20H22N2O5S. The van der Waals surface area contributed by atoms with E-state index in [4.69, 9.17) is 4.74 Å². The number of benzene rings is 2. The Morgan fingerprint density at radius 2 is 1.86 bits per heavy atom. The number of hydrogen-bond donors (Lipinski definition) is 1. The van der Waals surface area contributed by atoms with Crippen molar-refractivity contribution in [1.82, 2.24) is 0 Å². The highest BCUT2D eigenvalue weighted by atomic mass is 32.2. The number of sulfonamides is 1. The summed E-state index contributed by atoms with van der Waals surface area (Å²) in [6.07, 6.45) is 2.63. The highest BCUT2D eigenvalue weighted by molar-refractivity contribution is 7.92. The van der Waals surface area contributed by atoms with Crippen LogP contribution >= 0.6 is 0 Å². The summed E-state index contributed by atoms with van der Waals surface area (Å²) in [6, 6.07) is 12.8. The van der Waals surface area contributed by atoms with Gasteiger partial charge in [0.25, 0.3) is 0 Å². The number of rotatable bonds is 9. The normalized spacial score (nSPS) is 10.8. The van der Waals surface area contributed by atoms with Crippen LogP contribution in [0.1, 0.15) is 17.3 Å². The number of hydrogen-bond acceptors (Lipinski definition) is 5. The minimum atomic E-state index is -3.73. The first-order valence-corrected chi connectivity index (χ1v) is 10.3. The molecule has 2 rings (SSSR count). The molecule has 0 unspecified atom stereocenters. The second-order valence-electron chi connectivity index (χ2n) is 6.05. The summed E-state index contributed by atoms with van der Waals surface area (Å²) < 4.78 is 30.7. The molecule has 0 saturated heterocycles. The van der Waals surface area contributed by atoms with Gasteiger partial charge in [-0.25, -0.2) is 8.42 Å². The zero-order valence-corrected chi connectivity index (χ0v) is 16.5. The van der Waals surface area contributed by atoms with E-state index in [-0.39, 0.29) is 11.5 Å². The third-order valence-corrected chi connectivity index (χ3v) is 4.87. The molecule has 2 aromatic carbocycles. The first kappa shape index (κ1) is 21.2. The van der Waals surface area contributed by atoms with Gasteiger partial charge in [0.15, 0.2) is 5.78 Å². The van der Waals surface area contributed by atoms with E-state index in [2.05, 4.69) is 11.9 Å². The quantitative estimate of drug-likeness (QED) is 0.514. The monoisotopic (exact) mass is 402 g/mol. The number of anilines is 2. The van der Waals surface area contributed by atoms with E-state index in [9.17, 15) is 18.0 Å². The van der Waals surface area contributed by atoms with Gasteiger partial charge >= 0.3 is 0 Å². The number of carbonyl (C=O) groups is 2. The zero-order valence-electron chi connectivity index (χ0n) is 15.7. The Balaban J connectivity index is 2.14. The van der Waals surface area contributed by atoms with Crippen molar-refractivity contribution in [1.29, 1.82) is 0 Å². The molecule has 7 nitrogen and oxygen atoms in total. The lowest BCUT2D eigenvalue weighted by Gasteiger charge is -2.22. The predicted octanol–water partition coefficient (Wildman–Crippen LogP) is 2.86. The number of Topliss-reactive ketones (excluding diaryl/α,β-unsaturated/α-hetero) is 1. The van der Waals surface area contributed by atoms with Crippen LogP contribution in [-0.2, 0) is 14.8 Å². The number of ether oxygens (including phenoxy) is 1. The standard InChI is InChI=1S/C20H22N2O5S/c1-4-12-27-19-10-8-17(9-11-19)21-20(24)14-22(28(3,25)26)18-7-5-6-16(13-18)15(2)23/h4-11,13H,1,12,14H2,2-3H3,(H,21,24). The molecule has 0 radical (unpaired) electrons. The van der Waals surface area contributed by atoms with Crippen LogP contribution in [0.3, 0.4) is 0 Å². The predicted molar refractivity (Wildman–Crippen MR) is 109 cm³/mol. The third-order valence-electron chi connectivity index (χ3n) is 3.73. The lowest BCUT2D eigenvalue weighted by Crippen LogP contribution is -2.37. The van der Waals surface area contributed by atoms with Crippen LogP contribution in [0.25, 0.3) is 0 Å². The molecule has 2 aromatic rings. The van der Waals surface area contributed by atoms with Crippen LogP contribution in [-0.4, -0.2) is 39.5 Å². The van der Waals surface area contributed by atoms with E-state index in [0.29, 0.717) is 23.6 Å². The molecule has 0 aromatic heterocycles. The van der Waals surface area contributed by atoms with Crippen molar-refractivity contribution in [2.24, 2.45) is 0 Å². The summed E-state index contributed by atoms with van der Waals surface area (Å²) in [4.78, 5) is 24.0. The highest BCUT2D eigenvalue weighted by Gasteiger charge is 2.21. The number of carbonyl (C=O) groups excluding carboxylic acids is 2. The smallest absolute Gasteiger partial charge is 0.245 e. The fourth-order valence-electron chi connectivity index (χ4n) is 2.40. The minimum absolute atomic E-state index is 0.196. The van der Waals surface area contributed by atoms with E-state index in [0.717, 1.165) is 10.6 Å². The second-order valence-corrected chi connectivity index (χ2v) is 7.96. The molecule has 0 spiro atoms. The number of amides is 1. The van der Waals surface area contributed by atoms with Gasteiger partial charge in [-0.2, -0.15) is 0 Å². The summed E-state index contributed by atoms with van der Waals surface area (Å²) in [5, 5.41) is 2.65. The third kappa shape index (κ3) is 5.95. The van der Waals surface area contributed by atoms with Crippen LogP contribution in [0.2, 0.25) is 0 Å². The van der Waals surface area contributed by atoms with Crippen molar-refractivity contribution in [3.05, 3.63) is 66.7 Å². The first-order valence-electron chi connectivity index (χ1n) is 8.43. The number of nitrogens with zero attached hydrogens (tertiary/aromatic N) is 1. The molecule has 28 heavy (non-hydrogen) atoms. The molecule has 8 heteroatoms. The average Bonchev–Trinajstić information content (AvgIpc) is 2.64. The molecule has 0 bridgehead atoms. The Morgan fingerprint density at radius 1 is 1.18 bits per heavy atom. The van der Waals surface area contributed by atoms with Crippen LogP contribution in [0.15, 0.2) is 61.2 Å². The van der Waals surface area contributed by atoms with Crippen molar-refractivity contribution in [2.75, 3.05) is 29.0 Å². The summed E-state index contributed by atoms with van der Waals surface area (Å²) in [5.41, 5.74) is 1.11. The molecular weight excluding hydrogens is 380 g/mol. The molecule has 0 atom stereocenters. The topological polar surface area (TPSA) is 92.8 Å². The van der Waals surface area contributed by atoms with Crippen molar-refractivity contribution < 1.29 is 22.7 Å². The Labute approximate surface area is 164 Å². The minimum Gasteiger partial charge on any atom is -0.490 e. The van der Waals surface area contributed by atoms with Gasteiger partial charge in [-0.1, -0.05) is 24.8 Å². The Bertz CT molecular complexity index is 968. The average molecular weight is 402 g/mol.